The maximum Gasteiger partial charge on any atom is 0.229 e. The van der Waals surface area contributed by atoms with Gasteiger partial charge in [-0.15, -0.1) is 0 Å². The van der Waals surface area contributed by atoms with Crippen molar-refractivity contribution < 1.29 is 4.74 Å². The Morgan fingerprint density at radius 3 is 1.40 bits per heavy atom. The minimum Gasteiger partial charge on any atom is -0.497 e. The van der Waals surface area contributed by atoms with Crippen molar-refractivity contribution in [3.63, 3.8) is 0 Å². The zero-order chi connectivity index (χ0) is 40.7. The summed E-state index contributed by atoms with van der Waals surface area (Å²) >= 11 is 0. The maximum atomic E-state index is 6.06. The average molecular weight is 784 g/mol. The Kier molecular flexibility index (Phi) is 19.3. The summed E-state index contributed by atoms with van der Waals surface area (Å²) in [5, 5.41) is 22.3. The van der Waals surface area contributed by atoms with Gasteiger partial charge >= 0.3 is 0 Å². The van der Waals surface area contributed by atoms with Gasteiger partial charge in [0.25, 0.3) is 0 Å². The monoisotopic (exact) mass is 784 g/mol. The van der Waals surface area contributed by atoms with Crippen molar-refractivity contribution in [1.29, 1.82) is 0 Å². The number of nitrogens with one attached hydrogen (secondary N) is 4. The predicted molar refractivity (Wildman–Crippen MR) is 234 cm³/mol. The third kappa shape index (κ3) is 16.2. The average Bonchev–Trinajstić information content (AvgIpc) is 3.22. The first-order chi connectivity index (χ1) is 27.8. The van der Waals surface area contributed by atoms with E-state index in [1.165, 1.54) is 38.5 Å². The molecule has 0 bridgehead atoms. The lowest BCUT2D eigenvalue weighted by molar-refractivity contribution is 0.415. The van der Waals surface area contributed by atoms with Gasteiger partial charge < -0.3 is 42.4 Å². The van der Waals surface area contributed by atoms with Crippen molar-refractivity contribution in [2.24, 2.45) is 22.1 Å². The summed E-state index contributed by atoms with van der Waals surface area (Å²) in [4.78, 5) is 28.8. The van der Waals surface area contributed by atoms with Gasteiger partial charge in [-0.05, 0) is 86.1 Å². The van der Waals surface area contributed by atoms with E-state index < -0.39 is 0 Å². The van der Waals surface area contributed by atoms with Crippen LogP contribution in [0.5, 0.6) is 5.75 Å². The first kappa shape index (κ1) is 44.2. The van der Waals surface area contributed by atoms with Crippen molar-refractivity contribution in [2.45, 2.75) is 91.9 Å². The second-order valence-corrected chi connectivity index (χ2v) is 14.2. The molecule has 0 fully saturated rings. The van der Waals surface area contributed by atoms with E-state index >= 15 is 0 Å². The van der Waals surface area contributed by atoms with Gasteiger partial charge in [-0.1, -0.05) is 66.2 Å². The van der Waals surface area contributed by atoms with Gasteiger partial charge in [-0.3, -0.25) is 0 Å². The first-order valence-electron chi connectivity index (χ1n) is 20.7. The van der Waals surface area contributed by atoms with Crippen LogP contribution in [0.25, 0.3) is 0 Å². The molecule has 0 spiro atoms. The van der Waals surface area contributed by atoms with Crippen LogP contribution in [0, 0.1) is 11.8 Å². The molecule has 0 aliphatic rings. The molecule has 0 saturated carbocycles. The Bertz CT molecular complexity index is 1660. The Labute approximate surface area is 339 Å². The Balaban J connectivity index is 1.36. The summed E-state index contributed by atoms with van der Waals surface area (Å²) in [6, 6.07) is 15.6. The van der Waals surface area contributed by atoms with Crippen LogP contribution < -0.4 is 42.4 Å². The van der Waals surface area contributed by atoms with E-state index in [9.17, 15) is 0 Å². The molecule has 4 rings (SSSR count). The number of hydrogen-bond donors (Lipinski definition) is 6. The standard InChI is InChI=1S/C41H65N15O/c1-6-10-14-30(8-3)28-46-40-50-36(42)48-38(52-40)44-24-12-26-56(34-20-16-32(17-21-34)54-55-33-18-22-35(57-5)23-19-33)27-13-25-45-39-49-37(43)51-41(53-39)47-29-31(9-4)15-11-7-2/h16-23,30-31H,6-15,24-29H2,1-5H3,(H4,42,44,46,48,50,52)(H4,43,45,47,49,51,53). The van der Waals surface area contributed by atoms with Gasteiger partial charge in [0.15, 0.2) is 0 Å². The van der Waals surface area contributed by atoms with Gasteiger partial charge in [0.05, 0.1) is 18.5 Å². The van der Waals surface area contributed by atoms with E-state index in [-0.39, 0.29) is 11.9 Å². The zero-order valence-electron chi connectivity index (χ0n) is 34.7. The van der Waals surface area contributed by atoms with E-state index in [4.69, 9.17) is 16.2 Å². The van der Waals surface area contributed by atoms with Gasteiger partial charge in [0.2, 0.25) is 35.7 Å². The second-order valence-electron chi connectivity index (χ2n) is 14.2. The molecule has 0 amide bonds. The number of ether oxygens (including phenoxy) is 1. The molecule has 2 heterocycles. The van der Waals surface area contributed by atoms with Crippen LogP contribution in [0.15, 0.2) is 58.8 Å². The molecule has 8 N–H and O–H groups in total. The SMILES string of the molecule is CCCCC(CC)CNc1nc(N)nc(NCCCN(CCCNc2nc(N)nc(NCC(CC)CCCC)n2)c2ccc(N=Nc3ccc(OC)cc3)cc2)n1. The fourth-order valence-electron chi connectivity index (χ4n) is 6.26. The lowest BCUT2D eigenvalue weighted by Crippen LogP contribution is -2.28. The molecule has 4 aromatic rings. The number of methoxy groups -OCH3 is 1. The molecule has 16 nitrogen and oxygen atoms in total. The highest BCUT2D eigenvalue weighted by Crippen LogP contribution is 2.24. The lowest BCUT2D eigenvalue weighted by atomic mass is 9.99. The minimum atomic E-state index is 0.190. The number of anilines is 7. The topological polar surface area (TPSA) is 215 Å². The first-order valence-corrected chi connectivity index (χ1v) is 20.7. The molecule has 0 radical (unpaired) electrons. The number of rotatable bonds is 28. The Morgan fingerprint density at radius 1 is 0.579 bits per heavy atom. The fourth-order valence-corrected chi connectivity index (χ4v) is 6.26. The van der Waals surface area contributed by atoms with E-state index in [0.29, 0.717) is 48.7 Å². The highest BCUT2D eigenvalue weighted by Gasteiger charge is 2.12. The van der Waals surface area contributed by atoms with Crippen molar-refractivity contribution in [2.75, 3.05) is 84.0 Å². The Hall–Kier alpha value is -5.54. The second kappa shape index (κ2) is 24.9. The van der Waals surface area contributed by atoms with E-state index in [2.05, 4.69) is 106 Å². The van der Waals surface area contributed by atoms with Crippen LogP contribution in [0.4, 0.5) is 52.8 Å². The number of unbranched alkanes of at least 4 members (excludes halogenated alkanes) is 2. The Morgan fingerprint density at radius 2 is 1.00 bits per heavy atom. The van der Waals surface area contributed by atoms with Crippen LogP contribution >= 0.6 is 0 Å². The number of nitrogens with two attached hydrogens (primary N) is 2. The van der Waals surface area contributed by atoms with Crippen LogP contribution in [0.1, 0.15) is 91.9 Å². The van der Waals surface area contributed by atoms with E-state index in [1.54, 1.807) is 7.11 Å². The molecule has 16 heteroatoms. The van der Waals surface area contributed by atoms with Gasteiger partial charge in [0, 0.05) is 45.0 Å². The van der Waals surface area contributed by atoms with E-state index in [0.717, 1.165) is 74.7 Å². The molecule has 57 heavy (non-hydrogen) atoms. The third-order valence-corrected chi connectivity index (χ3v) is 9.83. The number of azo groups is 1. The van der Waals surface area contributed by atoms with E-state index in [1.807, 2.05) is 36.4 Å². The number of benzene rings is 2. The number of hydrogen-bond acceptors (Lipinski definition) is 16. The quantitative estimate of drug-likeness (QED) is 0.0235. The minimum absolute atomic E-state index is 0.190. The highest BCUT2D eigenvalue weighted by atomic mass is 16.5. The molecular formula is C41H65N15O. The smallest absolute Gasteiger partial charge is 0.229 e. The molecule has 2 atom stereocenters. The number of aromatic nitrogens is 6. The van der Waals surface area contributed by atoms with Crippen LogP contribution in [0.3, 0.4) is 0 Å². The molecule has 0 aliphatic carbocycles. The summed E-state index contributed by atoms with van der Waals surface area (Å²) < 4.78 is 5.24. The third-order valence-electron chi connectivity index (χ3n) is 9.83. The molecular weight excluding hydrogens is 719 g/mol. The summed E-state index contributed by atoms with van der Waals surface area (Å²) in [5.41, 5.74) is 14.7. The summed E-state index contributed by atoms with van der Waals surface area (Å²) in [6.45, 7) is 13.4. The van der Waals surface area contributed by atoms with Crippen LogP contribution in [-0.2, 0) is 0 Å². The summed E-state index contributed by atoms with van der Waals surface area (Å²) in [7, 11) is 1.64. The van der Waals surface area contributed by atoms with Crippen LogP contribution in [0.2, 0.25) is 0 Å². The van der Waals surface area contributed by atoms with Crippen molar-refractivity contribution >= 4 is 52.8 Å². The van der Waals surface area contributed by atoms with Crippen LogP contribution in [-0.4, -0.2) is 76.3 Å². The lowest BCUT2D eigenvalue weighted by Gasteiger charge is -2.25. The zero-order valence-corrected chi connectivity index (χ0v) is 34.7. The van der Waals surface area contributed by atoms with Gasteiger partial charge in [-0.25, -0.2) is 0 Å². The highest BCUT2D eigenvalue weighted by molar-refractivity contribution is 5.53. The van der Waals surface area contributed by atoms with Crippen molar-refractivity contribution in [3.8, 4) is 5.75 Å². The molecule has 2 aromatic heterocycles. The van der Waals surface area contributed by atoms with Gasteiger partial charge in [0.1, 0.15) is 5.75 Å². The predicted octanol–water partition coefficient (Wildman–Crippen LogP) is 8.71. The maximum absolute atomic E-state index is 6.06. The molecule has 0 saturated heterocycles. The number of nitrogen functional groups attached to an aromatic ring is 2. The largest absolute Gasteiger partial charge is 0.497 e. The number of nitrogens with zero attached hydrogens (tertiary/aromatic N) is 9. The van der Waals surface area contributed by atoms with Gasteiger partial charge in [-0.2, -0.15) is 40.1 Å². The van der Waals surface area contributed by atoms with Crippen molar-refractivity contribution in [3.05, 3.63) is 48.5 Å². The molecule has 0 aliphatic heterocycles. The fraction of sp³-hybridized carbons (Fsp3) is 0.561. The molecule has 2 unspecified atom stereocenters. The van der Waals surface area contributed by atoms with Crippen molar-refractivity contribution in [1.82, 2.24) is 29.9 Å². The normalized spacial score (nSPS) is 12.3. The molecule has 2 aromatic carbocycles. The summed E-state index contributed by atoms with van der Waals surface area (Å²) in [6.07, 6.45) is 11.0. The molecule has 310 valence electrons. The summed E-state index contributed by atoms with van der Waals surface area (Å²) in [5.74, 6) is 4.21.